The van der Waals surface area contributed by atoms with Gasteiger partial charge in [-0.15, -0.1) is 11.3 Å². The van der Waals surface area contributed by atoms with Gasteiger partial charge in [0, 0.05) is 31.1 Å². The van der Waals surface area contributed by atoms with E-state index in [1.807, 2.05) is 6.92 Å². The van der Waals surface area contributed by atoms with Crippen molar-refractivity contribution in [3.8, 4) is 0 Å². The normalized spacial score (nSPS) is 19.2. The highest BCUT2D eigenvalue weighted by Crippen LogP contribution is 2.17. The van der Waals surface area contributed by atoms with Gasteiger partial charge in [-0.3, -0.25) is 9.59 Å². The Morgan fingerprint density at radius 1 is 1.71 bits per heavy atom. The number of hydrogen-bond donors (Lipinski definition) is 1. The van der Waals surface area contributed by atoms with Gasteiger partial charge in [-0.25, -0.2) is 4.98 Å². The maximum atomic E-state index is 12.0. The quantitative estimate of drug-likeness (QED) is 0.855. The molecule has 6 heteroatoms. The van der Waals surface area contributed by atoms with E-state index in [1.54, 1.807) is 29.5 Å². The standard InChI is InChI=1S/C11H15N3O2S/c1-7-12-5-9(17-7)6-14(2)11(16)8-3-10(15)13-4-8/h5,8H,3-4,6H2,1-2H3,(H,13,15). The lowest BCUT2D eigenvalue weighted by atomic mass is 10.1. The van der Waals surface area contributed by atoms with Crippen LogP contribution in [0.5, 0.6) is 0 Å². The summed E-state index contributed by atoms with van der Waals surface area (Å²) < 4.78 is 0. The van der Waals surface area contributed by atoms with Crippen molar-refractivity contribution in [1.29, 1.82) is 0 Å². The van der Waals surface area contributed by atoms with Gasteiger partial charge in [-0.05, 0) is 6.92 Å². The van der Waals surface area contributed by atoms with Crippen LogP contribution in [0.25, 0.3) is 0 Å². The SMILES string of the molecule is Cc1ncc(CN(C)C(=O)C2CNC(=O)C2)s1. The molecule has 0 aliphatic carbocycles. The van der Waals surface area contributed by atoms with Crippen LogP contribution < -0.4 is 5.32 Å². The Morgan fingerprint density at radius 2 is 2.47 bits per heavy atom. The highest BCUT2D eigenvalue weighted by molar-refractivity contribution is 7.11. The lowest BCUT2D eigenvalue weighted by Gasteiger charge is -2.19. The average Bonchev–Trinajstić information content (AvgIpc) is 2.87. The summed E-state index contributed by atoms with van der Waals surface area (Å²) in [6, 6.07) is 0. The van der Waals surface area contributed by atoms with Gasteiger partial charge in [-0.2, -0.15) is 0 Å². The topological polar surface area (TPSA) is 62.3 Å². The number of aryl methyl sites for hydroxylation is 1. The number of aromatic nitrogens is 1. The third-order valence-corrected chi connectivity index (χ3v) is 3.66. The molecule has 1 unspecified atom stereocenters. The third kappa shape index (κ3) is 2.82. The minimum Gasteiger partial charge on any atom is -0.355 e. The lowest BCUT2D eigenvalue weighted by Crippen LogP contribution is -2.33. The van der Waals surface area contributed by atoms with Gasteiger partial charge in [0.1, 0.15) is 0 Å². The number of hydrogen-bond acceptors (Lipinski definition) is 4. The fourth-order valence-corrected chi connectivity index (χ4v) is 2.73. The van der Waals surface area contributed by atoms with Gasteiger partial charge < -0.3 is 10.2 Å². The number of carbonyl (C=O) groups is 2. The second kappa shape index (κ2) is 4.83. The summed E-state index contributed by atoms with van der Waals surface area (Å²) in [5, 5.41) is 3.68. The molecule has 1 aliphatic rings. The first-order valence-electron chi connectivity index (χ1n) is 5.49. The molecule has 1 fully saturated rings. The van der Waals surface area contributed by atoms with E-state index >= 15 is 0 Å². The van der Waals surface area contributed by atoms with E-state index in [-0.39, 0.29) is 17.7 Å². The molecule has 1 aromatic heterocycles. The fraction of sp³-hybridized carbons (Fsp3) is 0.545. The van der Waals surface area contributed by atoms with Crippen LogP contribution >= 0.6 is 11.3 Å². The van der Waals surface area contributed by atoms with Gasteiger partial charge >= 0.3 is 0 Å². The predicted molar refractivity (Wildman–Crippen MR) is 64.4 cm³/mol. The number of amides is 2. The van der Waals surface area contributed by atoms with E-state index in [1.165, 1.54) is 0 Å². The maximum absolute atomic E-state index is 12.0. The van der Waals surface area contributed by atoms with Crippen LogP contribution in [0.4, 0.5) is 0 Å². The summed E-state index contributed by atoms with van der Waals surface area (Å²) >= 11 is 1.59. The monoisotopic (exact) mass is 253 g/mol. The molecular weight excluding hydrogens is 238 g/mol. The summed E-state index contributed by atoms with van der Waals surface area (Å²) in [6.45, 7) is 2.97. The molecule has 1 atom stereocenters. The molecule has 0 radical (unpaired) electrons. The van der Waals surface area contributed by atoms with Crippen molar-refractivity contribution in [2.45, 2.75) is 19.9 Å². The fourth-order valence-electron chi connectivity index (χ4n) is 1.88. The van der Waals surface area contributed by atoms with Crippen LogP contribution in [0.15, 0.2) is 6.20 Å². The van der Waals surface area contributed by atoms with Crippen LogP contribution in [0.1, 0.15) is 16.3 Å². The Hall–Kier alpha value is -1.43. The van der Waals surface area contributed by atoms with Gasteiger partial charge in [0.2, 0.25) is 11.8 Å². The van der Waals surface area contributed by atoms with Crippen molar-refractivity contribution < 1.29 is 9.59 Å². The molecule has 0 spiro atoms. The highest BCUT2D eigenvalue weighted by Gasteiger charge is 2.30. The number of thiazole rings is 1. The van der Waals surface area contributed by atoms with Crippen LogP contribution in [0, 0.1) is 12.8 Å². The molecule has 17 heavy (non-hydrogen) atoms. The first-order valence-corrected chi connectivity index (χ1v) is 6.31. The highest BCUT2D eigenvalue weighted by atomic mass is 32.1. The molecule has 2 amide bonds. The molecule has 1 aromatic rings. The van der Waals surface area contributed by atoms with Crippen molar-refractivity contribution in [2.24, 2.45) is 5.92 Å². The Kier molecular flexibility index (Phi) is 3.42. The second-order valence-corrected chi connectivity index (χ2v) is 5.56. The Morgan fingerprint density at radius 3 is 3.00 bits per heavy atom. The second-order valence-electron chi connectivity index (χ2n) is 4.25. The summed E-state index contributed by atoms with van der Waals surface area (Å²) in [5.74, 6) is -0.221. The molecular formula is C11H15N3O2S. The number of nitrogens with zero attached hydrogens (tertiary/aromatic N) is 2. The van der Waals surface area contributed by atoms with E-state index in [0.717, 1.165) is 9.88 Å². The largest absolute Gasteiger partial charge is 0.355 e. The van der Waals surface area contributed by atoms with Gasteiger partial charge in [-0.1, -0.05) is 0 Å². The average molecular weight is 253 g/mol. The first kappa shape index (κ1) is 12.0. The molecule has 0 saturated carbocycles. The molecule has 0 aromatic carbocycles. The van der Waals surface area contributed by atoms with Crippen molar-refractivity contribution in [3.63, 3.8) is 0 Å². The zero-order valence-electron chi connectivity index (χ0n) is 9.90. The van der Waals surface area contributed by atoms with E-state index in [0.29, 0.717) is 19.5 Å². The van der Waals surface area contributed by atoms with Gasteiger partial charge in [0.25, 0.3) is 0 Å². The van der Waals surface area contributed by atoms with Crippen molar-refractivity contribution >= 4 is 23.2 Å². The van der Waals surface area contributed by atoms with Crippen molar-refractivity contribution in [1.82, 2.24) is 15.2 Å². The first-order chi connectivity index (χ1) is 8.06. The predicted octanol–water partition coefficient (Wildman–Crippen LogP) is 0.546. The van der Waals surface area contributed by atoms with Crippen LogP contribution in [-0.2, 0) is 16.1 Å². The van der Waals surface area contributed by atoms with E-state index in [4.69, 9.17) is 0 Å². The zero-order chi connectivity index (χ0) is 12.4. The Bertz CT molecular complexity index is 444. The van der Waals surface area contributed by atoms with Crippen molar-refractivity contribution in [3.05, 3.63) is 16.1 Å². The Balaban J connectivity index is 1.93. The van der Waals surface area contributed by atoms with Crippen LogP contribution in [0.2, 0.25) is 0 Å². The summed E-state index contributed by atoms with van der Waals surface area (Å²) in [5.41, 5.74) is 0. The maximum Gasteiger partial charge on any atom is 0.228 e. The van der Waals surface area contributed by atoms with Crippen LogP contribution in [-0.4, -0.2) is 35.3 Å². The van der Waals surface area contributed by atoms with Gasteiger partial charge in [0.05, 0.1) is 17.5 Å². The molecule has 5 nitrogen and oxygen atoms in total. The van der Waals surface area contributed by atoms with Crippen LogP contribution in [0.3, 0.4) is 0 Å². The van der Waals surface area contributed by atoms with Gasteiger partial charge in [0.15, 0.2) is 0 Å². The number of nitrogens with one attached hydrogen (secondary N) is 1. The summed E-state index contributed by atoms with van der Waals surface area (Å²) in [7, 11) is 1.76. The van der Waals surface area contributed by atoms with E-state index < -0.39 is 0 Å². The molecule has 92 valence electrons. The number of carbonyl (C=O) groups excluding carboxylic acids is 2. The minimum absolute atomic E-state index is 0.0226. The molecule has 1 saturated heterocycles. The molecule has 1 aliphatic heterocycles. The van der Waals surface area contributed by atoms with Crippen molar-refractivity contribution in [2.75, 3.05) is 13.6 Å². The van der Waals surface area contributed by atoms with E-state index in [2.05, 4.69) is 10.3 Å². The summed E-state index contributed by atoms with van der Waals surface area (Å²) in [6.07, 6.45) is 2.10. The summed E-state index contributed by atoms with van der Waals surface area (Å²) in [4.78, 5) is 30.0. The smallest absolute Gasteiger partial charge is 0.228 e. The zero-order valence-corrected chi connectivity index (χ0v) is 10.7. The Labute approximate surface area is 104 Å². The minimum atomic E-state index is -0.207. The molecule has 1 N–H and O–H groups in total. The molecule has 0 bridgehead atoms. The van der Waals surface area contributed by atoms with E-state index in [9.17, 15) is 9.59 Å². The third-order valence-electron chi connectivity index (χ3n) is 2.77. The lowest BCUT2D eigenvalue weighted by molar-refractivity contribution is -0.135. The molecule has 2 heterocycles. The number of rotatable bonds is 3. The molecule has 2 rings (SSSR count).